The number of hydrogen-bond donors (Lipinski definition) is 1. The molecule has 4 nitrogen and oxygen atoms in total. The molecule has 1 aromatic rings. The maximum absolute atomic E-state index is 12.9. The first-order chi connectivity index (χ1) is 9.96. The lowest BCUT2D eigenvalue weighted by molar-refractivity contribution is 0.388. The number of hydrogen-bond acceptors (Lipinski definition) is 3. The van der Waals surface area contributed by atoms with Gasteiger partial charge in [0, 0.05) is 19.6 Å². The minimum absolute atomic E-state index is 0.405. The third-order valence-corrected chi connectivity index (χ3v) is 6.12. The molecule has 0 aliphatic carbocycles. The van der Waals surface area contributed by atoms with Crippen LogP contribution in [0.2, 0.25) is 0 Å². The van der Waals surface area contributed by atoms with E-state index in [0.29, 0.717) is 35.5 Å². The van der Waals surface area contributed by atoms with Crippen LogP contribution in [0.25, 0.3) is 0 Å². The topological polar surface area (TPSA) is 49.4 Å². The molecule has 0 saturated carbocycles. The van der Waals surface area contributed by atoms with Crippen LogP contribution < -0.4 is 5.32 Å². The second-order valence-corrected chi connectivity index (χ2v) is 7.99. The van der Waals surface area contributed by atoms with Crippen LogP contribution in [0.4, 0.5) is 5.69 Å². The summed E-state index contributed by atoms with van der Waals surface area (Å²) in [6.07, 6.45) is 1.93. The van der Waals surface area contributed by atoms with E-state index in [-0.39, 0.29) is 0 Å². The number of nitrogens with one attached hydrogen (secondary N) is 1. The Morgan fingerprint density at radius 2 is 2.05 bits per heavy atom. The van der Waals surface area contributed by atoms with Crippen LogP contribution in [-0.4, -0.2) is 32.4 Å². The molecule has 1 aliphatic heterocycles. The number of rotatable bonds is 6. The van der Waals surface area contributed by atoms with Gasteiger partial charge in [0.15, 0.2) is 0 Å². The van der Waals surface area contributed by atoms with Crippen molar-refractivity contribution in [3.05, 3.63) is 24.3 Å². The Morgan fingerprint density at radius 3 is 2.67 bits per heavy atom. The number of benzene rings is 1. The van der Waals surface area contributed by atoms with Gasteiger partial charge in [0.05, 0.1) is 5.69 Å². The molecular weight excluding hydrogens is 284 g/mol. The Bertz CT molecular complexity index is 569. The lowest BCUT2D eigenvalue weighted by atomic mass is 9.96. The Hall–Kier alpha value is -1.07. The normalized spacial score (nSPS) is 20.1. The first kappa shape index (κ1) is 16.3. The first-order valence-electron chi connectivity index (χ1n) is 7.80. The Kier molecular flexibility index (Phi) is 5.27. The highest BCUT2D eigenvalue weighted by Crippen LogP contribution is 2.31. The van der Waals surface area contributed by atoms with Gasteiger partial charge in [0.2, 0.25) is 10.0 Å². The molecule has 1 unspecified atom stereocenters. The zero-order chi connectivity index (χ0) is 15.5. The largest absolute Gasteiger partial charge is 0.384 e. The molecule has 1 heterocycles. The van der Waals surface area contributed by atoms with Gasteiger partial charge in [-0.2, -0.15) is 4.31 Å². The zero-order valence-electron chi connectivity index (χ0n) is 13.2. The van der Waals surface area contributed by atoms with Crippen molar-refractivity contribution in [1.29, 1.82) is 0 Å². The second kappa shape index (κ2) is 6.79. The summed E-state index contributed by atoms with van der Waals surface area (Å²) in [7, 11) is -3.40. The monoisotopic (exact) mass is 310 g/mol. The van der Waals surface area contributed by atoms with Gasteiger partial charge < -0.3 is 5.32 Å². The predicted octanol–water partition coefficient (Wildman–Crippen LogP) is 3.18. The van der Waals surface area contributed by atoms with E-state index in [1.807, 2.05) is 12.1 Å². The minimum atomic E-state index is -3.40. The maximum atomic E-state index is 12.9. The van der Waals surface area contributed by atoms with Gasteiger partial charge in [0.1, 0.15) is 4.90 Å². The van der Waals surface area contributed by atoms with E-state index in [0.717, 1.165) is 19.4 Å². The second-order valence-electron chi connectivity index (χ2n) is 6.08. The molecule has 118 valence electrons. The van der Waals surface area contributed by atoms with Gasteiger partial charge in [-0.1, -0.05) is 32.9 Å². The summed E-state index contributed by atoms with van der Waals surface area (Å²) in [5.74, 6) is 0.995. The predicted molar refractivity (Wildman–Crippen MR) is 86.9 cm³/mol. The Labute approximate surface area is 128 Å². The summed E-state index contributed by atoms with van der Waals surface area (Å²) in [5.41, 5.74) is 0.715. The maximum Gasteiger partial charge on any atom is 0.245 e. The van der Waals surface area contributed by atoms with Gasteiger partial charge in [-0.25, -0.2) is 8.42 Å². The minimum Gasteiger partial charge on any atom is -0.384 e. The van der Waals surface area contributed by atoms with Crippen molar-refractivity contribution in [1.82, 2.24) is 4.31 Å². The molecule has 1 fully saturated rings. The van der Waals surface area contributed by atoms with Gasteiger partial charge in [-0.3, -0.25) is 0 Å². The zero-order valence-corrected chi connectivity index (χ0v) is 14.0. The Balaban J connectivity index is 2.24. The molecule has 5 heteroatoms. The van der Waals surface area contributed by atoms with Gasteiger partial charge >= 0.3 is 0 Å². The molecule has 1 aromatic carbocycles. The average molecular weight is 310 g/mol. The fourth-order valence-corrected chi connectivity index (χ4v) is 4.43. The molecule has 1 N–H and O–H groups in total. The molecule has 21 heavy (non-hydrogen) atoms. The van der Waals surface area contributed by atoms with Crippen LogP contribution in [0, 0.1) is 11.8 Å². The highest BCUT2D eigenvalue weighted by molar-refractivity contribution is 7.89. The molecule has 2 rings (SSSR count). The fraction of sp³-hybridized carbons (Fsp3) is 0.625. The van der Waals surface area contributed by atoms with E-state index < -0.39 is 10.0 Å². The van der Waals surface area contributed by atoms with Crippen LogP contribution in [0.1, 0.15) is 33.6 Å². The average Bonchev–Trinajstić information content (AvgIpc) is 2.96. The number of anilines is 1. The first-order valence-corrected chi connectivity index (χ1v) is 9.24. The van der Waals surface area contributed by atoms with E-state index in [1.165, 1.54) is 0 Å². The van der Waals surface area contributed by atoms with Crippen molar-refractivity contribution in [3.8, 4) is 0 Å². The Morgan fingerprint density at radius 1 is 1.33 bits per heavy atom. The molecule has 1 aliphatic rings. The van der Waals surface area contributed by atoms with Crippen LogP contribution in [-0.2, 0) is 10.0 Å². The van der Waals surface area contributed by atoms with Crippen molar-refractivity contribution in [2.24, 2.45) is 11.8 Å². The highest BCUT2D eigenvalue weighted by atomic mass is 32.2. The molecule has 0 aromatic heterocycles. The van der Waals surface area contributed by atoms with E-state index in [1.54, 1.807) is 16.4 Å². The summed E-state index contributed by atoms with van der Waals surface area (Å²) in [6, 6.07) is 7.21. The van der Waals surface area contributed by atoms with E-state index in [9.17, 15) is 8.42 Å². The summed E-state index contributed by atoms with van der Waals surface area (Å²) in [6.45, 7) is 8.45. The SMILES string of the molecule is CCCNc1ccccc1S(=O)(=O)N1CCC(C(C)C)C1. The molecule has 0 radical (unpaired) electrons. The van der Waals surface area contributed by atoms with Crippen LogP contribution in [0.15, 0.2) is 29.2 Å². The number of sulfonamides is 1. The van der Waals surface area contributed by atoms with Crippen LogP contribution >= 0.6 is 0 Å². The quantitative estimate of drug-likeness (QED) is 0.878. The van der Waals surface area contributed by atoms with E-state index in [4.69, 9.17) is 0 Å². The van der Waals surface area contributed by atoms with Gasteiger partial charge in [0.25, 0.3) is 0 Å². The summed E-state index contributed by atoms with van der Waals surface area (Å²) in [5, 5.41) is 3.22. The molecule has 0 spiro atoms. The fourth-order valence-electron chi connectivity index (χ4n) is 2.75. The molecule has 1 atom stereocenters. The molecular formula is C16H26N2O2S. The number of para-hydroxylation sites is 1. The van der Waals surface area contributed by atoms with Crippen molar-refractivity contribution >= 4 is 15.7 Å². The smallest absolute Gasteiger partial charge is 0.245 e. The summed E-state index contributed by atoms with van der Waals surface area (Å²) in [4.78, 5) is 0.405. The summed E-state index contributed by atoms with van der Waals surface area (Å²) < 4.78 is 27.4. The van der Waals surface area contributed by atoms with Crippen molar-refractivity contribution in [3.63, 3.8) is 0 Å². The standard InChI is InChI=1S/C16H26N2O2S/c1-4-10-17-15-7-5-6-8-16(15)21(19,20)18-11-9-14(12-18)13(2)3/h5-8,13-14,17H,4,9-12H2,1-3H3. The molecule has 0 bridgehead atoms. The number of nitrogens with zero attached hydrogens (tertiary/aromatic N) is 1. The molecule has 0 amide bonds. The lowest BCUT2D eigenvalue weighted by Crippen LogP contribution is -2.30. The van der Waals surface area contributed by atoms with Gasteiger partial charge in [-0.15, -0.1) is 0 Å². The van der Waals surface area contributed by atoms with Crippen molar-refractivity contribution < 1.29 is 8.42 Å². The van der Waals surface area contributed by atoms with Crippen molar-refractivity contribution in [2.75, 3.05) is 25.0 Å². The van der Waals surface area contributed by atoms with E-state index in [2.05, 4.69) is 26.1 Å². The molecule has 1 saturated heterocycles. The van der Waals surface area contributed by atoms with Crippen molar-refractivity contribution in [2.45, 2.75) is 38.5 Å². The van der Waals surface area contributed by atoms with E-state index >= 15 is 0 Å². The highest BCUT2D eigenvalue weighted by Gasteiger charge is 2.34. The summed E-state index contributed by atoms with van der Waals surface area (Å²) >= 11 is 0. The van der Waals surface area contributed by atoms with Crippen LogP contribution in [0.3, 0.4) is 0 Å². The van der Waals surface area contributed by atoms with Crippen LogP contribution in [0.5, 0.6) is 0 Å². The lowest BCUT2D eigenvalue weighted by Gasteiger charge is -2.20. The third kappa shape index (κ3) is 3.58. The third-order valence-electron chi connectivity index (χ3n) is 4.20. The van der Waals surface area contributed by atoms with Gasteiger partial charge in [-0.05, 0) is 36.8 Å².